The lowest BCUT2D eigenvalue weighted by atomic mass is 10.2. The Kier molecular flexibility index (Phi) is 6.84. The molecule has 0 atom stereocenters. The zero-order chi connectivity index (χ0) is 18.9. The lowest BCUT2D eigenvalue weighted by Crippen LogP contribution is -2.28. The van der Waals surface area contributed by atoms with Gasteiger partial charge in [0, 0.05) is 6.54 Å². The minimum absolute atomic E-state index is 0.190. The topological polar surface area (TPSA) is 83.1 Å². The van der Waals surface area contributed by atoms with Gasteiger partial charge in [0.15, 0.2) is 6.61 Å². The molecule has 0 unspecified atom stereocenters. The van der Waals surface area contributed by atoms with Gasteiger partial charge in [-0.25, -0.2) is 4.79 Å². The molecule has 0 fully saturated rings. The second-order valence-corrected chi connectivity index (χ2v) is 5.27. The van der Waals surface area contributed by atoms with Crippen LogP contribution in [0.5, 0.6) is 17.2 Å². The van der Waals surface area contributed by atoms with Crippen LogP contribution in [-0.2, 0) is 16.1 Å². The highest BCUT2D eigenvalue weighted by Crippen LogP contribution is 2.24. The summed E-state index contributed by atoms with van der Waals surface area (Å²) in [5, 5.41) is 2.68. The van der Waals surface area contributed by atoms with Crippen molar-refractivity contribution in [2.75, 3.05) is 27.9 Å². The average molecular weight is 359 g/mol. The molecule has 0 aromatic heterocycles. The van der Waals surface area contributed by atoms with Gasteiger partial charge in [-0.15, -0.1) is 0 Å². The van der Waals surface area contributed by atoms with Crippen LogP contribution in [0.2, 0.25) is 0 Å². The predicted molar refractivity (Wildman–Crippen MR) is 94.7 cm³/mol. The van der Waals surface area contributed by atoms with Crippen molar-refractivity contribution in [2.45, 2.75) is 6.54 Å². The molecule has 138 valence electrons. The van der Waals surface area contributed by atoms with Gasteiger partial charge in [-0.05, 0) is 35.9 Å². The van der Waals surface area contributed by atoms with Crippen molar-refractivity contribution in [1.29, 1.82) is 0 Å². The number of carbonyl (C=O) groups excluding carboxylic acids is 2. The first-order valence-corrected chi connectivity index (χ1v) is 7.86. The van der Waals surface area contributed by atoms with Gasteiger partial charge in [-0.3, -0.25) is 4.79 Å². The Morgan fingerprint density at radius 2 is 1.54 bits per heavy atom. The number of methoxy groups -OCH3 is 3. The van der Waals surface area contributed by atoms with E-state index >= 15 is 0 Å². The summed E-state index contributed by atoms with van der Waals surface area (Å²) in [6, 6.07) is 12.0. The summed E-state index contributed by atoms with van der Waals surface area (Å²) in [5.41, 5.74) is 1.09. The molecule has 1 N–H and O–H groups in total. The number of benzene rings is 2. The molecule has 1 amide bonds. The van der Waals surface area contributed by atoms with Crippen molar-refractivity contribution in [3.63, 3.8) is 0 Å². The first kappa shape index (κ1) is 19.1. The Balaban J connectivity index is 1.87. The quantitative estimate of drug-likeness (QED) is 0.728. The second-order valence-electron chi connectivity index (χ2n) is 5.27. The van der Waals surface area contributed by atoms with E-state index in [2.05, 4.69) is 5.32 Å². The summed E-state index contributed by atoms with van der Waals surface area (Å²) in [5.74, 6) is 0.494. The van der Waals surface area contributed by atoms with E-state index in [9.17, 15) is 9.59 Å². The SMILES string of the molecule is COc1ccc(CNC(=O)COC(=O)c2cc(OC)ccc2OC)cc1. The molecule has 0 aliphatic rings. The number of hydrogen-bond donors (Lipinski definition) is 1. The number of rotatable bonds is 8. The van der Waals surface area contributed by atoms with Crippen LogP contribution >= 0.6 is 0 Å². The molecule has 0 saturated heterocycles. The highest BCUT2D eigenvalue weighted by Gasteiger charge is 2.16. The van der Waals surface area contributed by atoms with Crippen LogP contribution in [0.1, 0.15) is 15.9 Å². The molecular weight excluding hydrogens is 338 g/mol. The number of carbonyl (C=O) groups is 2. The minimum Gasteiger partial charge on any atom is -0.497 e. The van der Waals surface area contributed by atoms with Crippen LogP contribution in [0.4, 0.5) is 0 Å². The molecule has 0 bridgehead atoms. The summed E-state index contributed by atoms with van der Waals surface area (Å²) in [4.78, 5) is 24.1. The zero-order valence-corrected chi connectivity index (χ0v) is 14.9. The second kappa shape index (κ2) is 9.31. The first-order chi connectivity index (χ1) is 12.6. The molecule has 2 aromatic rings. The standard InChI is InChI=1S/C19H21NO6/c1-23-14-6-4-13(5-7-14)11-20-18(21)12-26-19(22)16-10-15(24-2)8-9-17(16)25-3/h4-10H,11-12H2,1-3H3,(H,20,21). The highest BCUT2D eigenvalue weighted by atomic mass is 16.5. The molecule has 0 spiro atoms. The third-order valence-electron chi connectivity index (χ3n) is 3.61. The van der Waals surface area contributed by atoms with Gasteiger partial charge < -0.3 is 24.3 Å². The van der Waals surface area contributed by atoms with E-state index < -0.39 is 18.5 Å². The van der Waals surface area contributed by atoms with Gasteiger partial charge in [0.05, 0.1) is 21.3 Å². The summed E-state index contributed by atoms with van der Waals surface area (Å²) in [6.45, 7) is -0.0712. The van der Waals surface area contributed by atoms with E-state index in [1.54, 1.807) is 31.4 Å². The lowest BCUT2D eigenvalue weighted by molar-refractivity contribution is -0.124. The van der Waals surface area contributed by atoms with Gasteiger partial charge >= 0.3 is 5.97 Å². The molecule has 0 aliphatic heterocycles. The van der Waals surface area contributed by atoms with Crippen LogP contribution in [0, 0.1) is 0 Å². The van der Waals surface area contributed by atoms with Gasteiger partial charge in [-0.1, -0.05) is 12.1 Å². The normalized spacial score (nSPS) is 9.96. The van der Waals surface area contributed by atoms with Crippen molar-refractivity contribution in [2.24, 2.45) is 0 Å². The number of esters is 1. The van der Waals surface area contributed by atoms with Crippen LogP contribution in [0.3, 0.4) is 0 Å². The van der Waals surface area contributed by atoms with Gasteiger partial charge in [0.2, 0.25) is 0 Å². The molecule has 2 aromatic carbocycles. The summed E-state index contributed by atoms with van der Waals surface area (Å²) in [7, 11) is 4.52. The lowest BCUT2D eigenvalue weighted by Gasteiger charge is -2.10. The highest BCUT2D eigenvalue weighted by molar-refractivity contribution is 5.94. The Morgan fingerprint density at radius 1 is 0.885 bits per heavy atom. The van der Waals surface area contributed by atoms with E-state index in [1.165, 1.54) is 20.3 Å². The van der Waals surface area contributed by atoms with Crippen molar-refractivity contribution < 1.29 is 28.5 Å². The Labute approximate surface area is 151 Å². The Bertz CT molecular complexity index is 757. The molecule has 0 heterocycles. The number of hydrogen-bond acceptors (Lipinski definition) is 6. The molecule has 7 nitrogen and oxygen atoms in total. The van der Waals surface area contributed by atoms with Crippen LogP contribution in [-0.4, -0.2) is 39.8 Å². The predicted octanol–water partition coefficient (Wildman–Crippen LogP) is 2.19. The fourth-order valence-corrected chi connectivity index (χ4v) is 2.18. The fourth-order valence-electron chi connectivity index (χ4n) is 2.18. The maximum atomic E-state index is 12.2. The van der Waals surface area contributed by atoms with E-state index in [4.69, 9.17) is 18.9 Å². The summed E-state index contributed by atoms with van der Waals surface area (Å²) in [6.07, 6.45) is 0. The maximum Gasteiger partial charge on any atom is 0.342 e. The van der Waals surface area contributed by atoms with E-state index in [1.807, 2.05) is 12.1 Å². The molecule has 2 rings (SSSR count). The Hall–Kier alpha value is -3.22. The van der Waals surface area contributed by atoms with Gasteiger partial charge in [0.1, 0.15) is 22.8 Å². The fraction of sp³-hybridized carbons (Fsp3) is 0.263. The largest absolute Gasteiger partial charge is 0.497 e. The average Bonchev–Trinajstić information content (AvgIpc) is 2.70. The first-order valence-electron chi connectivity index (χ1n) is 7.86. The van der Waals surface area contributed by atoms with Crippen molar-refractivity contribution in [3.8, 4) is 17.2 Å². The van der Waals surface area contributed by atoms with Gasteiger partial charge in [-0.2, -0.15) is 0 Å². The third-order valence-corrected chi connectivity index (χ3v) is 3.61. The molecular formula is C19H21NO6. The van der Waals surface area contributed by atoms with Crippen LogP contribution < -0.4 is 19.5 Å². The number of nitrogens with one attached hydrogen (secondary N) is 1. The smallest absolute Gasteiger partial charge is 0.342 e. The molecule has 26 heavy (non-hydrogen) atoms. The van der Waals surface area contributed by atoms with Crippen molar-refractivity contribution in [3.05, 3.63) is 53.6 Å². The molecule has 0 radical (unpaired) electrons. The van der Waals surface area contributed by atoms with E-state index in [0.29, 0.717) is 18.0 Å². The van der Waals surface area contributed by atoms with E-state index in [0.717, 1.165) is 11.3 Å². The van der Waals surface area contributed by atoms with Crippen molar-refractivity contribution in [1.82, 2.24) is 5.32 Å². The monoisotopic (exact) mass is 359 g/mol. The Morgan fingerprint density at radius 3 is 2.15 bits per heavy atom. The summed E-state index contributed by atoms with van der Waals surface area (Å²) < 4.78 is 20.3. The molecule has 0 saturated carbocycles. The maximum absolute atomic E-state index is 12.2. The number of amides is 1. The molecule has 0 aliphatic carbocycles. The third kappa shape index (κ3) is 5.14. The van der Waals surface area contributed by atoms with Gasteiger partial charge in [0.25, 0.3) is 5.91 Å². The van der Waals surface area contributed by atoms with Crippen LogP contribution in [0.15, 0.2) is 42.5 Å². The zero-order valence-electron chi connectivity index (χ0n) is 14.9. The van der Waals surface area contributed by atoms with Crippen molar-refractivity contribution >= 4 is 11.9 Å². The van der Waals surface area contributed by atoms with E-state index in [-0.39, 0.29) is 5.56 Å². The minimum atomic E-state index is -0.666. The molecule has 7 heteroatoms. The summed E-state index contributed by atoms with van der Waals surface area (Å²) >= 11 is 0. The number of ether oxygens (including phenoxy) is 4. The van der Waals surface area contributed by atoms with Crippen LogP contribution in [0.25, 0.3) is 0 Å².